The minimum absolute atomic E-state index is 0.0453. The van der Waals surface area contributed by atoms with Gasteiger partial charge in [-0.05, 0) is 66.2 Å². The van der Waals surface area contributed by atoms with E-state index in [1.807, 2.05) is 59.3 Å². The van der Waals surface area contributed by atoms with Crippen LogP contribution in [0, 0.1) is 29.4 Å². The molecule has 3 fully saturated rings. The Hall–Kier alpha value is -4.62. The van der Waals surface area contributed by atoms with Gasteiger partial charge in [-0.1, -0.05) is 110 Å². The average Bonchev–Trinajstić information content (AvgIpc) is 3.47. The smallest absolute Gasteiger partial charge is 0.168 e. The second kappa shape index (κ2) is 11.9. The van der Waals surface area contributed by atoms with Gasteiger partial charge in [0.05, 0.1) is 10.4 Å². The maximum absolute atomic E-state index is 16.0. The Morgan fingerprint density at radius 2 is 1.30 bits per heavy atom. The van der Waals surface area contributed by atoms with Gasteiger partial charge in [-0.2, -0.15) is 5.10 Å². The summed E-state index contributed by atoms with van der Waals surface area (Å²) in [5.74, 6) is -0.0478. The van der Waals surface area contributed by atoms with E-state index in [9.17, 15) is 0 Å². The molecule has 3 aliphatic carbocycles. The van der Waals surface area contributed by atoms with Gasteiger partial charge < -0.3 is 5.32 Å². The minimum atomic E-state index is -1.02. The Kier molecular flexibility index (Phi) is 7.52. The van der Waals surface area contributed by atoms with Crippen LogP contribution in [0.2, 0.25) is 5.02 Å². The van der Waals surface area contributed by atoms with E-state index in [0.717, 1.165) is 35.6 Å². The summed E-state index contributed by atoms with van der Waals surface area (Å²) in [5, 5.41) is 9.47. The largest absolute Gasteiger partial charge is 0.364 e. The number of anilines is 1. The van der Waals surface area contributed by atoms with Crippen LogP contribution in [0.15, 0.2) is 109 Å². The zero-order valence-electron chi connectivity index (χ0n) is 26.0. The highest BCUT2D eigenvalue weighted by atomic mass is 35.5. The topological polar surface area (TPSA) is 55.6 Å². The lowest BCUT2D eigenvalue weighted by Crippen LogP contribution is -2.47. The first-order valence-corrected chi connectivity index (χ1v) is 16.7. The first kappa shape index (κ1) is 29.8. The van der Waals surface area contributed by atoms with Gasteiger partial charge >= 0.3 is 0 Å². The number of nitrogens with one attached hydrogen (secondary N) is 1. The van der Waals surface area contributed by atoms with Crippen molar-refractivity contribution in [3.05, 3.63) is 143 Å². The molecule has 1 unspecified atom stereocenters. The van der Waals surface area contributed by atoms with E-state index in [-0.39, 0.29) is 23.2 Å². The number of hydrogen-bond acceptors (Lipinski definition) is 4. The number of aromatic nitrogens is 4. The molecule has 236 valence electrons. The van der Waals surface area contributed by atoms with Gasteiger partial charge in [-0.25, -0.2) is 23.4 Å². The van der Waals surface area contributed by atoms with Gasteiger partial charge in [-0.15, -0.1) is 0 Å². The molecular formula is C39H34ClF2N5. The van der Waals surface area contributed by atoms with E-state index in [4.69, 9.17) is 21.7 Å². The molecule has 3 aromatic heterocycles. The standard InChI is InChI=1S/C39H34ClF2N5/c1-24-25-17-19-26(20-18-25)34(24)44-37-33(42)22-32(41)36(45-37)35-31-21-30(40)23-43-38(31)47(46-35)39(27-11-5-2-6-12-27,28-13-7-3-8-14-28)29-15-9-4-10-16-29/h2-16,21-26,34H,17-20H2,1H3,(H,44,45)/t24-,25?,26?,34?/m0/s1. The van der Waals surface area contributed by atoms with Crippen LogP contribution in [-0.2, 0) is 5.54 Å². The third-order valence-corrected chi connectivity index (χ3v) is 10.7. The average molecular weight is 646 g/mol. The molecule has 0 amide bonds. The molecule has 0 aliphatic heterocycles. The lowest BCUT2D eigenvalue weighted by atomic mass is 9.62. The summed E-state index contributed by atoms with van der Waals surface area (Å²) in [6.45, 7) is 2.23. The summed E-state index contributed by atoms with van der Waals surface area (Å²) < 4.78 is 33.3. The highest BCUT2D eigenvalue weighted by Gasteiger charge is 2.43. The molecule has 3 aliphatic rings. The molecule has 6 aromatic rings. The van der Waals surface area contributed by atoms with Crippen molar-refractivity contribution < 1.29 is 8.78 Å². The van der Waals surface area contributed by atoms with E-state index in [2.05, 4.69) is 53.6 Å². The van der Waals surface area contributed by atoms with E-state index in [1.54, 1.807) is 12.3 Å². The van der Waals surface area contributed by atoms with Gasteiger partial charge in [0.2, 0.25) is 0 Å². The van der Waals surface area contributed by atoms with Crippen molar-refractivity contribution in [1.82, 2.24) is 19.7 Å². The number of rotatable bonds is 7. The number of nitrogens with zero attached hydrogens (tertiary/aromatic N) is 4. The minimum Gasteiger partial charge on any atom is -0.364 e. The Bertz CT molecular complexity index is 1940. The monoisotopic (exact) mass is 645 g/mol. The first-order chi connectivity index (χ1) is 22.9. The van der Waals surface area contributed by atoms with Crippen LogP contribution in [0.5, 0.6) is 0 Å². The van der Waals surface area contributed by atoms with Crippen LogP contribution in [-0.4, -0.2) is 25.8 Å². The summed E-state index contributed by atoms with van der Waals surface area (Å²) in [5.41, 5.74) is 2.44. The van der Waals surface area contributed by atoms with E-state index >= 15 is 8.78 Å². The van der Waals surface area contributed by atoms with Crippen molar-refractivity contribution in [1.29, 1.82) is 0 Å². The van der Waals surface area contributed by atoms with Crippen molar-refractivity contribution in [3.8, 4) is 11.4 Å². The second-order valence-corrected chi connectivity index (χ2v) is 13.4. The number of hydrogen-bond donors (Lipinski definition) is 1. The molecule has 2 atom stereocenters. The molecule has 3 heterocycles. The van der Waals surface area contributed by atoms with Crippen LogP contribution >= 0.6 is 11.6 Å². The second-order valence-electron chi connectivity index (χ2n) is 12.9. The third kappa shape index (κ3) is 4.91. The molecule has 3 saturated carbocycles. The van der Waals surface area contributed by atoms with Gasteiger partial charge in [0.25, 0.3) is 0 Å². The van der Waals surface area contributed by atoms with E-state index < -0.39 is 17.2 Å². The molecule has 9 rings (SSSR count). The fourth-order valence-electron chi connectivity index (χ4n) is 8.18. The SMILES string of the molecule is C[C@H]1C2CCC(CC2)C1Nc1nc(-c2nn(C(c3ccccc3)(c3ccccc3)c3ccccc3)c3ncc(Cl)cc23)c(F)cc1F. The number of benzene rings is 3. The van der Waals surface area contributed by atoms with Crippen molar-refractivity contribution in [2.24, 2.45) is 17.8 Å². The molecule has 1 N–H and O–H groups in total. The molecule has 0 saturated heterocycles. The van der Waals surface area contributed by atoms with Crippen molar-refractivity contribution in [2.45, 2.75) is 44.2 Å². The fourth-order valence-corrected chi connectivity index (χ4v) is 8.34. The van der Waals surface area contributed by atoms with Crippen LogP contribution < -0.4 is 5.32 Å². The predicted molar refractivity (Wildman–Crippen MR) is 182 cm³/mol. The van der Waals surface area contributed by atoms with Crippen molar-refractivity contribution in [3.63, 3.8) is 0 Å². The zero-order chi connectivity index (χ0) is 32.1. The molecular weight excluding hydrogens is 612 g/mol. The summed E-state index contributed by atoms with van der Waals surface area (Å²) in [6.07, 6.45) is 6.21. The molecule has 8 heteroatoms. The maximum Gasteiger partial charge on any atom is 0.168 e. The molecule has 0 radical (unpaired) electrons. The summed E-state index contributed by atoms with van der Waals surface area (Å²) in [7, 11) is 0. The molecule has 47 heavy (non-hydrogen) atoms. The lowest BCUT2D eigenvalue weighted by Gasteiger charge is -2.47. The number of halogens is 3. The van der Waals surface area contributed by atoms with Crippen molar-refractivity contribution >= 4 is 28.5 Å². The fraction of sp³-hybridized carbons (Fsp3) is 0.256. The third-order valence-electron chi connectivity index (χ3n) is 10.5. The zero-order valence-corrected chi connectivity index (χ0v) is 26.7. The van der Waals surface area contributed by atoms with Gasteiger partial charge in [0, 0.05) is 18.3 Å². The van der Waals surface area contributed by atoms with Crippen LogP contribution in [0.4, 0.5) is 14.6 Å². The predicted octanol–water partition coefficient (Wildman–Crippen LogP) is 9.50. The highest BCUT2D eigenvalue weighted by molar-refractivity contribution is 6.31. The van der Waals surface area contributed by atoms with E-state index in [1.165, 1.54) is 12.8 Å². The molecule has 5 nitrogen and oxygen atoms in total. The Labute approximate surface area is 277 Å². The maximum atomic E-state index is 16.0. The van der Waals surface area contributed by atoms with Crippen LogP contribution in [0.25, 0.3) is 22.4 Å². The van der Waals surface area contributed by atoms with Crippen molar-refractivity contribution in [2.75, 3.05) is 5.32 Å². The number of pyridine rings is 2. The first-order valence-electron chi connectivity index (χ1n) is 16.3. The molecule has 0 spiro atoms. The van der Waals surface area contributed by atoms with Gasteiger partial charge in [-0.3, -0.25) is 0 Å². The quantitative estimate of drug-likeness (QED) is 0.176. The Balaban J connectivity index is 1.38. The van der Waals surface area contributed by atoms with Gasteiger partial charge in [0.1, 0.15) is 16.9 Å². The Morgan fingerprint density at radius 1 is 0.745 bits per heavy atom. The highest BCUT2D eigenvalue weighted by Crippen LogP contribution is 2.47. The van der Waals surface area contributed by atoms with Crippen LogP contribution in [0.3, 0.4) is 0 Å². The molecule has 2 bridgehead atoms. The molecule has 3 aromatic carbocycles. The van der Waals surface area contributed by atoms with E-state index in [0.29, 0.717) is 33.8 Å². The normalized spacial score (nSPS) is 20.9. The lowest BCUT2D eigenvalue weighted by molar-refractivity contribution is 0.0926. The summed E-state index contributed by atoms with van der Waals surface area (Å²) in [4.78, 5) is 9.44. The van der Waals surface area contributed by atoms with Crippen LogP contribution in [0.1, 0.15) is 49.3 Å². The summed E-state index contributed by atoms with van der Waals surface area (Å²) >= 11 is 6.54. The number of fused-ring (bicyclic) bond motifs is 4. The van der Waals surface area contributed by atoms with Gasteiger partial charge in [0.15, 0.2) is 23.1 Å². The summed E-state index contributed by atoms with van der Waals surface area (Å²) in [6, 6.07) is 32.9. The Morgan fingerprint density at radius 3 is 1.85 bits per heavy atom.